The number of aromatic nitrogens is 2. The van der Waals surface area contributed by atoms with E-state index in [9.17, 15) is 14.4 Å². The van der Waals surface area contributed by atoms with Crippen LogP contribution in [0.1, 0.15) is 77.8 Å². The van der Waals surface area contributed by atoms with Crippen molar-refractivity contribution in [1.82, 2.24) is 24.9 Å². The Morgan fingerprint density at radius 1 is 0.800 bits per heavy atom. The summed E-state index contributed by atoms with van der Waals surface area (Å²) in [6, 6.07) is 34.2. The third-order valence-corrected chi connectivity index (χ3v) is 11.6. The number of hydrogen-bond donors (Lipinski definition) is 1. The van der Waals surface area contributed by atoms with Crippen molar-refractivity contribution in [3.8, 4) is 11.5 Å². The predicted octanol–water partition coefficient (Wildman–Crippen LogP) is 6.34. The number of imide groups is 1. The number of rotatable bonds is 12. The molecule has 0 saturated carbocycles. The first-order valence-corrected chi connectivity index (χ1v) is 19.7. The molecule has 3 unspecified atom stereocenters. The first-order valence-electron chi connectivity index (χ1n) is 19.7. The molecule has 0 spiro atoms. The SMILES string of the molecule is Cn1nc(C2CCC(=O)NC2=O)c2cccc(OCC(=O)N3CCN(CCCCOc4ccc(C5c6ccccc6CCC5c5ccccc5)cc4)CC3)c21. The zero-order chi connectivity index (χ0) is 37.7. The summed E-state index contributed by atoms with van der Waals surface area (Å²) in [7, 11) is 1.80. The van der Waals surface area contributed by atoms with Gasteiger partial charge in [-0.2, -0.15) is 5.10 Å². The van der Waals surface area contributed by atoms with Gasteiger partial charge in [-0.1, -0.05) is 78.9 Å². The molecule has 3 atom stereocenters. The number of amides is 3. The van der Waals surface area contributed by atoms with Gasteiger partial charge >= 0.3 is 0 Å². The maximum atomic E-state index is 13.2. The lowest BCUT2D eigenvalue weighted by Gasteiger charge is -2.34. The van der Waals surface area contributed by atoms with E-state index in [-0.39, 0.29) is 30.7 Å². The van der Waals surface area contributed by atoms with Gasteiger partial charge in [-0.3, -0.25) is 29.3 Å². The van der Waals surface area contributed by atoms with Crippen LogP contribution in [0.25, 0.3) is 10.9 Å². The van der Waals surface area contributed by atoms with Crippen molar-refractivity contribution in [1.29, 1.82) is 0 Å². The van der Waals surface area contributed by atoms with Gasteiger partial charge in [-0.05, 0) is 85.0 Å². The number of hydrogen-bond acceptors (Lipinski definition) is 7. The lowest BCUT2D eigenvalue weighted by molar-refractivity contribution is -0.135. The monoisotopic (exact) mass is 739 g/mol. The van der Waals surface area contributed by atoms with E-state index in [4.69, 9.17) is 9.47 Å². The molecule has 1 N–H and O–H groups in total. The minimum atomic E-state index is -0.501. The van der Waals surface area contributed by atoms with E-state index in [1.807, 2.05) is 23.1 Å². The van der Waals surface area contributed by atoms with Crippen LogP contribution in [-0.4, -0.2) is 83.2 Å². The summed E-state index contributed by atoms with van der Waals surface area (Å²) in [6.45, 7) is 4.56. The van der Waals surface area contributed by atoms with Gasteiger partial charge in [-0.15, -0.1) is 0 Å². The highest BCUT2D eigenvalue weighted by Gasteiger charge is 2.33. The molecule has 3 heterocycles. The van der Waals surface area contributed by atoms with E-state index >= 15 is 0 Å². The van der Waals surface area contributed by atoms with E-state index in [0.29, 0.717) is 49.4 Å². The second-order valence-corrected chi connectivity index (χ2v) is 15.0. The van der Waals surface area contributed by atoms with E-state index in [2.05, 4.69) is 94.2 Å². The molecule has 4 aromatic carbocycles. The summed E-state index contributed by atoms with van der Waals surface area (Å²) < 4.78 is 13.9. The summed E-state index contributed by atoms with van der Waals surface area (Å²) in [6.07, 6.45) is 4.95. The van der Waals surface area contributed by atoms with E-state index < -0.39 is 5.92 Å². The van der Waals surface area contributed by atoms with E-state index in [0.717, 1.165) is 62.0 Å². The normalized spacial score (nSPS) is 20.2. The van der Waals surface area contributed by atoms with Crippen LogP contribution < -0.4 is 14.8 Å². The van der Waals surface area contributed by atoms with Gasteiger partial charge in [0.2, 0.25) is 11.8 Å². The van der Waals surface area contributed by atoms with Gasteiger partial charge in [0.1, 0.15) is 17.0 Å². The maximum absolute atomic E-state index is 13.2. The van der Waals surface area contributed by atoms with Crippen LogP contribution in [0, 0.1) is 0 Å². The molecule has 10 heteroatoms. The fourth-order valence-corrected chi connectivity index (χ4v) is 8.74. The summed E-state index contributed by atoms with van der Waals surface area (Å²) in [5.74, 6) is 1.10. The van der Waals surface area contributed by atoms with E-state index in [1.165, 1.54) is 22.3 Å². The fraction of sp³-hybridized carbons (Fsp3) is 0.378. The number of aryl methyl sites for hydroxylation is 2. The van der Waals surface area contributed by atoms with Gasteiger partial charge in [0.15, 0.2) is 6.61 Å². The molecule has 5 aromatic rings. The van der Waals surface area contributed by atoms with Crippen LogP contribution in [0.4, 0.5) is 0 Å². The number of carbonyl (C=O) groups is 3. The fourth-order valence-electron chi connectivity index (χ4n) is 8.74. The molecule has 284 valence electrons. The Labute approximate surface area is 322 Å². The largest absolute Gasteiger partial charge is 0.494 e. The summed E-state index contributed by atoms with van der Waals surface area (Å²) in [5.41, 5.74) is 6.99. The third kappa shape index (κ3) is 8.01. The molecule has 0 radical (unpaired) electrons. The van der Waals surface area contributed by atoms with Crippen molar-refractivity contribution in [3.63, 3.8) is 0 Å². The predicted molar refractivity (Wildman–Crippen MR) is 211 cm³/mol. The Morgan fingerprint density at radius 3 is 2.38 bits per heavy atom. The molecule has 2 saturated heterocycles. The molecule has 8 rings (SSSR count). The zero-order valence-corrected chi connectivity index (χ0v) is 31.5. The second-order valence-electron chi connectivity index (χ2n) is 15.0. The number of piperidine rings is 1. The molecule has 1 aromatic heterocycles. The molecular formula is C45H49N5O5. The lowest BCUT2D eigenvalue weighted by atomic mass is 9.69. The van der Waals surface area contributed by atoms with Crippen molar-refractivity contribution in [2.24, 2.45) is 7.05 Å². The topological polar surface area (TPSA) is 106 Å². The standard InChI is InChI=1S/C45H49N5O5/c1-48-44-37(43(47-48)38-22-23-40(51)46-45(38)53)14-9-15-39(44)55-30-41(52)50-27-25-49(26-28-50)24-7-8-29-54-34-19-16-33(17-20-34)42-35-13-6-5-12-32(35)18-21-36(42)31-10-3-2-4-11-31/h2-6,9-17,19-20,36,38,42H,7-8,18,21-30H2,1H3,(H,46,51,53). The van der Waals surface area contributed by atoms with Gasteiger partial charge in [0.25, 0.3) is 5.91 Å². The molecule has 1 aliphatic carbocycles. The number of ether oxygens (including phenoxy) is 2. The quantitative estimate of drug-likeness (QED) is 0.118. The van der Waals surface area contributed by atoms with Crippen molar-refractivity contribution < 1.29 is 23.9 Å². The number of nitrogens with zero attached hydrogens (tertiary/aromatic N) is 4. The van der Waals surface area contributed by atoms with Crippen molar-refractivity contribution in [2.75, 3.05) is 45.9 Å². The third-order valence-electron chi connectivity index (χ3n) is 11.6. The minimum Gasteiger partial charge on any atom is -0.494 e. The van der Waals surface area contributed by atoms with Crippen LogP contribution >= 0.6 is 0 Å². The molecular weight excluding hydrogens is 691 g/mol. The van der Waals surface area contributed by atoms with Crippen LogP contribution in [0.15, 0.2) is 97.1 Å². The van der Waals surface area contributed by atoms with Gasteiger partial charge < -0.3 is 14.4 Å². The number of piperazine rings is 1. The van der Waals surface area contributed by atoms with Crippen LogP contribution in [0.2, 0.25) is 0 Å². The number of nitrogens with one attached hydrogen (secondary N) is 1. The first kappa shape index (κ1) is 36.5. The zero-order valence-electron chi connectivity index (χ0n) is 31.5. The average molecular weight is 740 g/mol. The number of benzene rings is 4. The van der Waals surface area contributed by atoms with Crippen LogP contribution in [0.5, 0.6) is 11.5 Å². The molecule has 2 aliphatic heterocycles. The van der Waals surface area contributed by atoms with Gasteiger partial charge in [-0.25, -0.2) is 0 Å². The molecule has 3 amide bonds. The number of unbranched alkanes of at least 4 members (excludes halogenated alkanes) is 1. The Balaban J connectivity index is 0.775. The summed E-state index contributed by atoms with van der Waals surface area (Å²) in [4.78, 5) is 41.7. The number of para-hydroxylation sites is 1. The highest BCUT2D eigenvalue weighted by Crippen LogP contribution is 2.46. The minimum absolute atomic E-state index is 0.0492. The number of fused-ring (bicyclic) bond motifs is 2. The lowest BCUT2D eigenvalue weighted by Crippen LogP contribution is -2.50. The van der Waals surface area contributed by atoms with Crippen LogP contribution in [-0.2, 0) is 27.9 Å². The highest BCUT2D eigenvalue weighted by atomic mass is 16.5. The molecule has 0 bridgehead atoms. The molecule has 3 aliphatic rings. The highest BCUT2D eigenvalue weighted by molar-refractivity contribution is 6.03. The van der Waals surface area contributed by atoms with E-state index in [1.54, 1.807) is 11.7 Å². The van der Waals surface area contributed by atoms with Crippen LogP contribution in [0.3, 0.4) is 0 Å². The molecule has 10 nitrogen and oxygen atoms in total. The Bertz CT molecular complexity index is 2140. The smallest absolute Gasteiger partial charge is 0.260 e. The second kappa shape index (κ2) is 16.5. The first-order chi connectivity index (χ1) is 26.9. The van der Waals surface area contributed by atoms with Crippen molar-refractivity contribution in [2.45, 2.75) is 56.3 Å². The summed E-state index contributed by atoms with van der Waals surface area (Å²) >= 11 is 0. The Hall–Kier alpha value is -5.48. The average Bonchev–Trinajstić information content (AvgIpc) is 3.56. The van der Waals surface area contributed by atoms with Crippen molar-refractivity contribution >= 4 is 28.6 Å². The Kier molecular flexibility index (Phi) is 10.9. The maximum Gasteiger partial charge on any atom is 0.260 e. The van der Waals surface area contributed by atoms with Gasteiger partial charge in [0.05, 0.1) is 18.2 Å². The molecule has 2 fully saturated rings. The van der Waals surface area contributed by atoms with Gasteiger partial charge in [0, 0.05) is 51.0 Å². The molecule has 55 heavy (non-hydrogen) atoms. The summed E-state index contributed by atoms with van der Waals surface area (Å²) in [5, 5.41) is 7.83. The Morgan fingerprint density at radius 2 is 1.58 bits per heavy atom. The number of carbonyl (C=O) groups excluding carboxylic acids is 3. The van der Waals surface area contributed by atoms with Crippen molar-refractivity contribution in [3.05, 3.63) is 125 Å².